The maximum atomic E-state index is 11.7. The second-order valence-electron chi connectivity index (χ2n) is 8.07. The number of aliphatic hydroxyl groups excluding tert-OH is 1. The summed E-state index contributed by atoms with van der Waals surface area (Å²) in [6.45, 7) is 4.26. The minimum absolute atomic E-state index is 0.101. The molecule has 3 atom stereocenters. The highest BCUT2D eigenvalue weighted by molar-refractivity contribution is 5.93. The zero-order chi connectivity index (χ0) is 17.4. The highest BCUT2D eigenvalue weighted by Gasteiger charge is 2.34. The van der Waals surface area contributed by atoms with E-state index in [9.17, 15) is 9.90 Å². The molecule has 0 aromatic heterocycles. The molecule has 1 aromatic rings. The second-order valence-corrected chi connectivity index (χ2v) is 8.07. The van der Waals surface area contributed by atoms with Gasteiger partial charge < -0.3 is 10.0 Å². The van der Waals surface area contributed by atoms with Gasteiger partial charge in [-0.1, -0.05) is 25.0 Å². The molecule has 1 saturated carbocycles. The molecule has 0 radical (unpaired) electrons. The maximum Gasteiger partial charge on any atom is 0.223 e. The molecule has 136 valence electrons. The van der Waals surface area contributed by atoms with Gasteiger partial charge in [-0.05, 0) is 61.8 Å². The largest absolute Gasteiger partial charge is 0.387 e. The number of amides is 1. The first-order chi connectivity index (χ1) is 12.1. The first-order valence-corrected chi connectivity index (χ1v) is 9.96. The number of hydrogen-bond donors (Lipinski definition) is 1. The van der Waals surface area contributed by atoms with E-state index in [1.54, 1.807) is 6.92 Å². The first kappa shape index (κ1) is 17.0. The van der Waals surface area contributed by atoms with Crippen LogP contribution in [0.4, 0.5) is 5.69 Å². The van der Waals surface area contributed by atoms with Gasteiger partial charge in [0.25, 0.3) is 0 Å². The third-order valence-corrected chi connectivity index (χ3v) is 6.53. The van der Waals surface area contributed by atoms with Crippen LogP contribution in [0.3, 0.4) is 0 Å². The van der Waals surface area contributed by atoms with Crippen LogP contribution in [0.5, 0.6) is 0 Å². The van der Waals surface area contributed by atoms with Crippen LogP contribution < -0.4 is 4.90 Å². The standard InChI is InChI=1S/C21H30N2O2/c1-15(24)23-12-10-17-13-18(8-9-20(17)23)21(25)14-22-11-4-6-16-5-2-3-7-19(16)22/h8-9,13,16,19,21,25H,2-7,10-12,14H2,1H3/t16-,19-,21+/m0/s1. The number of nitrogens with zero attached hydrogens (tertiary/aromatic N) is 2. The third kappa shape index (κ3) is 3.34. The third-order valence-electron chi connectivity index (χ3n) is 6.53. The SMILES string of the molecule is CC(=O)N1CCc2cc([C@H](O)CN3CCC[C@@H]4CCCC[C@@H]43)ccc21. The van der Waals surface area contributed by atoms with Gasteiger partial charge >= 0.3 is 0 Å². The minimum Gasteiger partial charge on any atom is -0.387 e. The lowest BCUT2D eigenvalue weighted by Gasteiger charge is -2.44. The average molecular weight is 342 g/mol. The lowest BCUT2D eigenvalue weighted by molar-refractivity contribution is -0.116. The molecular weight excluding hydrogens is 312 g/mol. The second kappa shape index (κ2) is 7.08. The summed E-state index contributed by atoms with van der Waals surface area (Å²) >= 11 is 0. The van der Waals surface area contributed by atoms with Crippen molar-refractivity contribution < 1.29 is 9.90 Å². The van der Waals surface area contributed by atoms with Gasteiger partial charge in [0, 0.05) is 31.7 Å². The van der Waals surface area contributed by atoms with Gasteiger partial charge in [0.05, 0.1) is 6.10 Å². The number of rotatable bonds is 3. The van der Waals surface area contributed by atoms with Crippen molar-refractivity contribution in [1.82, 2.24) is 4.90 Å². The van der Waals surface area contributed by atoms with Gasteiger partial charge in [-0.2, -0.15) is 0 Å². The molecule has 3 aliphatic rings. The van der Waals surface area contributed by atoms with Crippen LogP contribution in [-0.2, 0) is 11.2 Å². The highest BCUT2D eigenvalue weighted by Crippen LogP contribution is 2.36. The van der Waals surface area contributed by atoms with Crippen molar-refractivity contribution in [2.75, 3.05) is 24.5 Å². The summed E-state index contributed by atoms with van der Waals surface area (Å²) in [6, 6.07) is 6.82. The molecule has 2 fully saturated rings. The summed E-state index contributed by atoms with van der Waals surface area (Å²) in [6.07, 6.45) is 8.50. The van der Waals surface area contributed by atoms with E-state index < -0.39 is 6.10 Å². The van der Waals surface area contributed by atoms with E-state index in [-0.39, 0.29) is 5.91 Å². The number of carbonyl (C=O) groups is 1. The summed E-state index contributed by atoms with van der Waals surface area (Å²) in [5.41, 5.74) is 3.22. The predicted molar refractivity (Wildman–Crippen MR) is 99.7 cm³/mol. The Balaban J connectivity index is 1.46. The fraction of sp³-hybridized carbons (Fsp3) is 0.667. The van der Waals surface area contributed by atoms with Crippen molar-refractivity contribution in [3.05, 3.63) is 29.3 Å². The minimum atomic E-state index is -0.433. The van der Waals surface area contributed by atoms with Crippen molar-refractivity contribution >= 4 is 11.6 Å². The molecule has 1 aliphatic carbocycles. The fourth-order valence-electron chi connectivity index (χ4n) is 5.24. The molecule has 2 aliphatic heterocycles. The summed E-state index contributed by atoms with van der Waals surface area (Å²) in [5.74, 6) is 0.947. The summed E-state index contributed by atoms with van der Waals surface area (Å²) < 4.78 is 0. The molecular formula is C21H30N2O2. The number of carbonyl (C=O) groups excluding carboxylic acids is 1. The molecule has 1 saturated heterocycles. The summed E-state index contributed by atoms with van der Waals surface area (Å²) in [7, 11) is 0. The Morgan fingerprint density at radius 1 is 1.20 bits per heavy atom. The van der Waals surface area contributed by atoms with Crippen molar-refractivity contribution in [3.8, 4) is 0 Å². The van der Waals surface area contributed by atoms with Crippen LogP contribution in [0, 0.1) is 5.92 Å². The number of β-amino-alcohol motifs (C(OH)–C–C–N with tert-alkyl or cyclic N) is 1. The number of fused-ring (bicyclic) bond motifs is 2. The molecule has 2 heterocycles. The average Bonchev–Trinajstić information content (AvgIpc) is 3.05. The Morgan fingerprint density at radius 2 is 2.00 bits per heavy atom. The van der Waals surface area contributed by atoms with Crippen LogP contribution in [0.1, 0.15) is 62.7 Å². The lowest BCUT2D eigenvalue weighted by Crippen LogP contribution is -2.48. The summed E-state index contributed by atoms with van der Waals surface area (Å²) in [5, 5.41) is 10.8. The van der Waals surface area contributed by atoms with Crippen molar-refractivity contribution in [2.45, 2.75) is 64.0 Å². The molecule has 4 heteroatoms. The molecule has 1 N–H and O–H groups in total. The van der Waals surface area contributed by atoms with E-state index in [4.69, 9.17) is 0 Å². The van der Waals surface area contributed by atoms with E-state index in [1.165, 1.54) is 44.1 Å². The quantitative estimate of drug-likeness (QED) is 0.917. The van der Waals surface area contributed by atoms with E-state index >= 15 is 0 Å². The topological polar surface area (TPSA) is 43.8 Å². The molecule has 0 spiro atoms. The molecule has 1 aromatic carbocycles. The maximum absolute atomic E-state index is 11.7. The monoisotopic (exact) mass is 342 g/mol. The first-order valence-electron chi connectivity index (χ1n) is 9.96. The van der Waals surface area contributed by atoms with Gasteiger partial charge in [0.1, 0.15) is 0 Å². The highest BCUT2D eigenvalue weighted by atomic mass is 16.3. The van der Waals surface area contributed by atoms with Gasteiger partial charge in [-0.3, -0.25) is 9.69 Å². The Bertz CT molecular complexity index is 643. The van der Waals surface area contributed by atoms with Gasteiger partial charge in [0.2, 0.25) is 5.91 Å². The number of aliphatic hydroxyl groups is 1. The number of hydrogen-bond acceptors (Lipinski definition) is 3. The zero-order valence-electron chi connectivity index (χ0n) is 15.3. The number of benzene rings is 1. The van der Waals surface area contributed by atoms with E-state index in [0.29, 0.717) is 6.04 Å². The number of anilines is 1. The Kier molecular flexibility index (Phi) is 4.83. The normalized spacial score (nSPS) is 27.7. The number of piperidine rings is 1. The van der Waals surface area contributed by atoms with Crippen LogP contribution in [0.15, 0.2) is 18.2 Å². The molecule has 4 rings (SSSR count). The summed E-state index contributed by atoms with van der Waals surface area (Å²) in [4.78, 5) is 16.1. The van der Waals surface area contributed by atoms with Crippen LogP contribution in [0.25, 0.3) is 0 Å². The van der Waals surface area contributed by atoms with Crippen LogP contribution in [-0.4, -0.2) is 41.6 Å². The Morgan fingerprint density at radius 3 is 2.84 bits per heavy atom. The zero-order valence-corrected chi connectivity index (χ0v) is 15.3. The van der Waals surface area contributed by atoms with Gasteiger partial charge in [0.15, 0.2) is 0 Å². The van der Waals surface area contributed by atoms with Crippen molar-refractivity contribution in [1.29, 1.82) is 0 Å². The molecule has 25 heavy (non-hydrogen) atoms. The van der Waals surface area contributed by atoms with E-state index in [1.807, 2.05) is 17.0 Å². The molecule has 0 unspecified atom stereocenters. The van der Waals surface area contributed by atoms with Crippen LogP contribution in [0.2, 0.25) is 0 Å². The number of likely N-dealkylation sites (tertiary alicyclic amines) is 1. The lowest BCUT2D eigenvalue weighted by atomic mass is 9.78. The Hall–Kier alpha value is -1.39. The molecule has 0 bridgehead atoms. The van der Waals surface area contributed by atoms with Gasteiger partial charge in [-0.25, -0.2) is 0 Å². The molecule has 1 amide bonds. The fourth-order valence-corrected chi connectivity index (χ4v) is 5.24. The van der Waals surface area contributed by atoms with E-state index in [2.05, 4.69) is 11.0 Å². The van der Waals surface area contributed by atoms with E-state index in [0.717, 1.165) is 43.2 Å². The smallest absolute Gasteiger partial charge is 0.223 e. The predicted octanol–water partition coefficient (Wildman–Crippen LogP) is 3.28. The Labute approximate surface area is 150 Å². The molecule has 4 nitrogen and oxygen atoms in total. The van der Waals surface area contributed by atoms with Crippen LogP contribution >= 0.6 is 0 Å². The van der Waals surface area contributed by atoms with Crippen molar-refractivity contribution in [3.63, 3.8) is 0 Å². The van der Waals surface area contributed by atoms with Crippen molar-refractivity contribution in [2.24, 2.45) is 5.92 Å². The van der Waals surface area contributed by atoms with Gasteiger partial charge in [-0.15, -0.1) is 0 Å².